The van der Waals surface area contributed by atoms with Gasteiger partial charge in [-0.25, -0.2) is 4.99 Å². The summed E-state index contributed by atoms with van der Waals surface area (Å²) in [6, 6.07) is 0. The first-order valence-electron chi connectivity index (χ1n) is 11.1. The third kappa shape index (κ3) is 5.85. The van der Waals surface area contributed by atoms with E-state index in [-0.39, 0.29) is 35.8 Å². The van der Waals surface area contributed by atoms with Crippen LogP contribution in [-0.2, 0) is 19.1 Å². The van der Waals surface area contributed by atoms with Crippen molar-refractivity contribution in [3.8, 4) is 0 Å². The number of fused-ring (bicyclic) bond motifs is 1. The van der Waals surface area contributed by atoms with Crippen LogP contribution < -0.4 is 11.2 Å². The van der Waals surface area contributed by atoms with Crippen LogP contribution in [-0.4, -0.2) is 60.4 Å². The van der Waals surface area contributed by atoms with Crippen molar-refractivity contribution in [3.05, 3.63) is 47.5 Å². The van der Waals surface area contributed by atoms with Gasteiger partial charge >= 0.3 is 0 Å². The fourth-order valence-corrected chi connectivity index (χ4v) is 3.99. The SMILES string of the molecule is C=C(COC1=C2CC(C)(C)OC2CC(C(=O)NC2C=CN(C)N2C)=C1)N=C(ON)C(C)(C)C. The van der Waals surface area contributed by atoms with Crippen LogP contribution in [0.25, 0.3) is 0 Å². The van der Waals surface area contributed by atoms with Crippen LogP contribution in [0.3, 0.4) is 0 Å². The minimum Gasteiger partial charge on any atom is -0.487 e. The van der Waals surface area contributed by atoms with Gasteiger partial charge in [-0.1, -0.05) is 27.4 Å². The second kappa shape index (κ2) is 9.32. The van der Waals surface area contributed by atoms with Gasteiger partial charge < -0.3 is 24.6 Å². The highest BCUT2D eigenvalue weighted by molar-refractivity contribution is 5.94. The van der Waals surface area contributed by atoms with E-state index in [0.717, 1.165) is 12.0 Å². The zero-order chi connectivity index (χ0) is 24.6. The van der Waals surface area contributed by atoms with E-state index in [9.17, 15) is 4.79 Å². The molecule has 2 aliphatic heterocycles. The molecule has 1 fully saturated rings. The van der Waals surface area contributed by atoms with Gasteiger partial charge in [-0.2, -0.15) is 10.9 Å². The van der Waals surface area contributed by atoms with E-state index in [4.69, 9.17) is 20.2 Å². The normalized spacial score (nSPS) is 25.2. The predicted octanol–water partition coefficient (Wildman–Crippen LogP) is 2.75. The molecule has 33 heavy (non-hydrogen) atoms. The van der Waals surface area contributed by atoms with Crippen LogP contribution in [0.2, 0.25) is 0 Å². The smallest absolute Gasteiger partial charge is 0.248 e. The van der Waals surface area contributed by atoms with Crippen LogP contribution in [0.1, 0.15) is 47.5 Å². The lowest BCUT2D eigenvalue weighted by atomic mass is 9.90. The number of nitrogens with two attached hydrogens (primary N) is 1. The number of likely N-dealkylation sites (N-methyl/N-ethyl adjacent to an activating group) is 1. The first-order valence-corrected chi connectivity index (χ1v) is 11.1. The number of hydrazine groups is 1. The molecular weight excluding hydrogens is 422 g/mol. The molecule has 0 spiro atoms. The van der Waals surface area contributed by atoms with Crippen molar-refractivity contribution >= 4 is 11.8 Å². The maximum atomic E-state index is 13.1. The van der Waals surface area contributed by atoms with E-state index in [1.54, 1.807) is 0 Å². The number of carbonyl (C=O) groups excluding carboxylic acids is 1. The summed E-state index contributed by atoms with van der Waals surface area (Å²) in [5, 5.41) is 6.90. The summed E-state index contributed by atoms with van der Waals surface area (Å²) in [6.07, 6.45) is 6.49. The Morgan fingerprint density at radius 2 is 2.09 bits per heavy atom. The number of aliphatic imine (C=N–C) groups is 1. The molecule has 3 N–H and O–H groups in total. The lowest BCUT2D eigenvalue weighted by molar-refractivity contribution is -0.120. The summed E-state index contributed by atoms with van der Waals surface area (Å²) >= 11 is 0. The van der Waals surface area contributed by atoms with Crippen molar-refractivity contribution in [2.45, 2.75) is 65.3 Å². The van der Waals surface area contributed by atoms with Crippen molar-refractivity contribution < 1.29 is 19.1 Å². The number of amides is 1. The Bertz CT molecular complexity index is 926. The highest BCUT2D eigenvalue weighted by atomic mass is 16.6. The summed E-state index contributed by atoms with van der Waals surface area (Å²) in [6.45, 7) is 14.0. The molecule has 3 rings (SSSR count). The van der Waals surface area contributed by atoms with Gasteiger partial charge in [0, 0.05) is 49.7 Å². The summed E-state index contributed by atoms with van der Waals surface area (Å²) in [5.41, 5.74) is 1.45. The molecule has 2 heterocycles. The van der Waals surface area contributed by atoms with Crippen molar-refractivity contribution in [2.75, 3.05) is 20.7 Å². The Labute approximate surface area is 196 Å². The van der Waals surface area contributed by atoms with Crippen molar-refractivity contribution in [1.82, 2.24) is 15.3 Å². The second-order valence-corrected chi connectivity index (χ2v) is 10.4. The topological polar surface area (TPSA) is 102 Å². The van der Waals surface area contributed by atoms with Gasteiger partial charge in [-0.15, -0.1) is 0 Å². The molecule has 0 aromatic carbocycles. The van der Waals surface area contributed by atoms with E-state index < -0.39 is 0 Å². The highest BCUT2D eigenvalue weighted by Crippen LogP contribution is 2.42. The number of hydrogen-bond acceptors (Lipinski definition) is 8. The van der Waals surface area contributed by atoms with Gasteiger partial charge in [0.15, 0.2) is 0 Å². The van der Waals surface area contributed by atoms with E-state index >= 15 is 0 Å². The highest BCUT2D eigenvalue weighted by Gasteiger charge is 2.41. The van der Waals surface area contributed by atoms with E-state index in [1.807, 2.05) is 77.1 Å². The molecule has 0 radical (unpaired) electrons. The van der Waals surface area contributed by atoms with Crippen LogP contribution in [0.4, 0.5) is 0 Å². The molecule has 1 saturated heterocycles. The number of ether oxygens (including phenoxy) is 2. The standard InChI is InChI=1S/C24H37N5O4/c1-15(26-22(33-25)23(2,3)4)14-31-18-11-16(12-19-17(18)13-24(5,6)32-19)21(30)27-20-9-10-28(7)29(20)8/h9-11,19-20H,1,12-14,25H2,2-8H3,(H,27,30). The number of carbonyl (C=O) groups is 1. The van der Waals surface area contributed by atoms with E-state index in [1.165, 1.54) is 0 Å². The number of nitrogens with zero attached hydrogens (tertiary/aromatic N) is 3. The van der Waals surface area contributed by atoms with Gasteiger partial charge in [-0.3, -0.25) is 4.79 Å². The molecule has 0 saturated carbocycles. The molecule has 182 valence electrons. The fraction of sp³-hybridized carbons (Fsp3) is 0.583. The quantitative estimate of drug-likeness (QED) is 0.358. The van der Waals surface area contributed by atoms with Crippen molar-refractivity contribution in [2.24, 2.45) is 16.3 Å². The Morgan fingerprint density at radius 3 is 2.67 bits per heavy atom. The molecule has 2 unspecified atom stereocenters. The molecule has 2 atom stereocenters. The Hall–Kier alpha value is -2.62. The Morgan fingerprint density at radius 1 is 1.39 bits per heavy atom. The number of nitrogens with one attached hydrogen (secondary N) is 1. The third-order valence-electron chi connectivity index (χ3n) is 5.86. The largest absolute Gasteiger partial charge is 0.487 e. The average Bonchev–Trinajstić information content (AvgIpc) is 3.20. The van der Waals surface area contributed by atoms with Crippen LogP contribution >= 0.6 is 0 Å². The van der Waals surface area contributed by atoms with Gasteiger partial charge in [-0.05, 0) is 26.0 Å². The average molecular weight is 460 g/mol. The Kier molecular flexibility index (Phi) is 7.07. The van der Waals surface area contributed by atoms with Crippen LogP contribution in [0, 0.1) is 5.41 Å². The molecule has 0 aromatic heterocycles. The summed E-state index contributed by atoms with van der Waals surface area (Å²) in [4.78, 5) is 22.4. The molecule has 1 aliphatic carbocycles. The summed E-state index contributed by atoms with van der Waals surface area (Å²) in [5.74, 6) is 6.24. The maximum Gasteiger partial charge on any atom is 0.248 e. The number of rotatable bonds is 6. The monoisotopic (exact) mass is 459 g/mol. The van der Waals surface area contributed by atoms with Gasteiger partial charge in [0.25, 0.3) is 0 Å². The van der Waals surface area contributed by atoms with Crippen LogP contribution in [0.5, 0.6) is 0 Å². The minimum atomic E-state index is -0.361. The summed E-state index contributed by atoms with van der Waals surface area (Å²) < 4.78 is 12.3. The predicted molar refractivity (Wildman–Crippen MR) is 127 cm³/mol. The first kappa shape index (κ1) is 25.0. The van der Waals surface area contributed by atoms with Crippen LogP contribution in [0.15, 0.2) is 52.5 Å². The lowest BCUT2D eigenvalue weighted by Gasteiger charge is -2.28. The molecule has 0 aromatic rings. The Balaban J connectivity index is 1.77. The molecule has 1 amide bonds. The minimum absolute atomic E-state index is 0.138. The third-order valence-corrected chi connectivity index (χ3v) is 5.86. The van der Waals surface area contributed by atoms with Crippen molar-refractivity contribution in [3.63, 3.8) is 0 Å². The molecule has 3 aliphatic rings. The van der Waals surface area contributed by atoms with Crippen molar-refractivity contribution in [1.29, 1.82) is 0 Å². The number of allylic oxidation sites excluding steroid dienone is 1. The molecular formula is C24H37N5O4. The van der Waals surface area contributed by atoms with Gasteiger partial charge in [0.2, 0.25) is 11.8 Å². The molecule has 9 heteroatoms. The van der Waals surface area contributed by atoms with E-state index in [2.05, 4.69) is 16.9 Å². The zero-order valence-electron chi connectivity index (χ0n) is 20.8. The fourth-order valence-electron chi connectivity index (χ4n) is 3.99. The van der Waals surface area contributed by atoms with E-state index in [0.29, 0.717) is 29.3 Å². The summed E-state index contributed by atoms with van der Waals surface area (Å²) in [7, 11) is 3.84. The number of hydrogen-bond donors (Lipinski definition) is 2. The first-order chi connectivity index (χ1) is 15.3. The lowest BCUT2D eigenvalue weighted by Crippen LogP contribution is -2.47. The molecule has 9 nitrogen and oxygen atoms in total. The second-order valence-electron chi connectivity index (χ2n) is 10.4. The molecule has 0 bridgehead atoms. The van der Waals surface area contributed by atoms with Gasteiger partial charge in [0.05, 0.1) is 17.4 Å². The van der Waals surface area contributed by atoms with Gasteiger partial charge in [0.1, 0.15) is 18.5 Å². The zero-order valence-corrected chi connectivity index (χ0v) is 20.8. The maximum absolute atomic E-state index is 13.1.